The van der Waals surface area contributed by atoms with Crippen LogP contribution in [0.5, 0.6) is 0 Å². The van der Waals surface area contributed by atoms with Crippen molar-refractivity contribution in [1.82, 2.24) is 0 Å². The van der Waals surface area contributed by atoms with E-state index in [1.54, 1.807) is 0 Å². The number of fused-ring (bicyclic) bond motifs is 1. The molecule has 0 spiro atoms. The third kappa shape index (κ3) is 6.85. The van der Waals surface area contributed by atoms with Gasteiger partial charge in [-0.2, -0.15) is 0 Å². The van der Waals surface area contributed by atoms with Gasteiger partial charge in [0.05, 0.1) is 5.56 Å². The van der Waals surface area contributed by atoms with Gasteiger partial charge in [0.25, 0.3) is 0 Å². The average Bonchev–Trinajstić information content (AvgIpc) is 2.89. The lowest BCUT2D eigenvalue weighted by atomic mass is 9.77. The van der Waals surface area contributed by atoms with Crippen LogP contribution in [0.1, 0.15) is 99.8 Å². The summed E-state index contributed by atoms with van der Waals surface area (Å²) < 4.78 is 15.1. The largest absolute Gasteiger partial charge is 0.205 e. The number of allylic oxidation sites excluding steroid dienone is 2. The third-order valence-electron chi connectivity index (χ3n) is 7.64. The van der Waals surface area contributed by atoms with Crippen molar-refractivity contribution in [2.45, 2.75) is 84.0 Å². The smallest absolute Gasteiger partial charge is 0.146 e. The molecule has 0 N–H and O–H groups in total. The highest BCUT2D eigenvalue weighted by molar-refractivity contribution is 5.85. The first-order valence-corrected chi connectivity index (χ1v) is 13.6. The normalized spacial score (nSPS) is 18.0. The van der Waals surface area contributed by atoms with Gasteiger partial charge in [-0.1, -0.05) is 80.2 Å². The molecule has 1 heteroatoms. The molecule has 0 heterocycles. The summed E-state index contributed by atoms with van der Waals surface area (Å²) in [6, 6.07) is 18.6. The Kier molecular flexibility index (Phi) is 9.19. The van der Waals surface area contributed by atoms with Crippen molar-refractivity contribution in [2.75, 3.05) is 0 Å². The molecular weight excluding hydrogens is 427 g/mol. The number of hydrogen-bond donors (Lipinski definition) is 0. The Morgan fingerprint density at radius 2 is 1.71 bits per heavy atom. The number of aryl methyl sites for hydroxylation is 1. The van der Waals surface area contributed by atoms with Crippen molar-refractivity contribution in [3.8, 4) is 11.8 Å². The SMILES string of the molecule is C/C=C/CCC1CCC(c2ccc(C#Cc3ccc4cc(CCCCC)ccc4c3F)cc2)CC1. The first-order chi connectivity index (χ1) is 17.2. The first kappa shape index (κ1) is 25.2. The topological polar surface area (TPSA) is 0 Å². The number of rotatable bonds is 8. The number of benzene rings is 3. The van der Waals surface area contributed by atoms with Gasteiger partial charge in [0.15, 0.2) is 0 Å². The third-order valence-corrected chi connectivity index (χ3v) is 7.64. The summed E-state index contributed by atoms with van der Waals surface area (Å²) in [6.45, 7) is 4.32. The Morgan fingerprint density at radius 3 is 2.46 bits per heavy atom. The van der Waals surface area contributed by atoms with Gasteiger partial charge in [-0.05, 0) is 105 Å². The molecule has 1 saturated carbocycles. The van der Waals surface area contributed by atoms with Crippen LogP contribution in [-0.4, -0.2) is 0 Å². The van der Waals surface area contributed by atoms with E-state index in [1.165, 1.54) is 68.9 Å². The standard InChI is InChI=1S/C34H39F/c1-3-5-7-9-26-11-17-29(18-12-26)30-19-13-27(14-20-30)15-21-31-22-23-32-25-28(10-8-6-4-2)16-24-33(32)34(31)35/h3,5,13-14,16,19-20,22-26,29H,4,6-12,17-18H2,1-2H3/b5-3+. The van der Waals surface area contributed by atoms with Crippen LogP contribution in [0.2, 0.25) is 0 Å². The van der Waals surface area contributed by atoms with Gasteiger partial charge in [0, 0.05) is 10.9 Å². The predicted octanol–water partition coefficient (Wildman–Crippen LogP) is 9.74. The predicted molar refractivity (Wildman–Crippen MR) is 148 cm³/mol. The maximum Gasteiger partial charge on any atom is 0.146 e. The van der Waals surface area contributed by atoms with Crippen LogP contribution in [-0.2, 0) is 6.42 Å². The summed E-state index contributed by atoms with van der Waals surface area (Å²) in [7, 11) is 0. The quantitative estimate of drug-likeness (QED) is 0.176. The lowest BCUT2D eigenvalue weighted by molar-refractivity contribution is 0.312. The zero-order valence-electron chi connectivity index (χ0n) is 21.5. The van der Waals surface area contributed by atoms with Crippen LogP contribution in [0, 0.1) is 23.6 Å². The van der Waals surface area contributed by atoms with Crippen LogP contribution >= 0.6 is 0 Å². The Bertz CT molecular complexity index is 1180. The Hall–Kier alpha value is -2.85. The van der Waals surface area contributed by atoms with E-state index in [0.717, 1.165) is 23.3 Å². The van der Waals surface area contributed by atoms with E-state index in [4.69, 9.17) is 0 Å². The Morgan fingerprint density at radius 1 is 0.914 bits per heavy atom. The molecule has 0 bridgehead atoms. The van der Waals surface area contributed by atoms with Crippen molar-refractivity contribution in [1.29, 1.82) is 0 Å². The van der Waals surface area contributed by atoms with Gasteiger partial charge in [-0.3, -0.25) is 0 Å². The molecule has 0 aliphatic heterocycles. The average molecular weight is 467 g/mol. The number of hydrogen-bond acceptors (Lipinski definition) is 0. The molecule has 0 unspecified atom stereocenters. The molecule has 0 radical (unpaired) electrons. The zero-order valence-corrected chi connectivity index (χ0v) is 21.5. The second-order valence-electron chi connectivity index (χ2n) is 10.2. The van der Waals surface area contributed by atoms with Gasteiger partial charge in [-0.15, -0.1) is 0 Å². The highest BCUT2D eigenvalue weighted by Crippen LogP contribution is 2.37. The maximum atomic E-state index is 15.1. The first-order valence-electron chi connectivity index (χ1n) is 13.6. The molecular formula is C34H39F. The fourth-order valence-corrected chi connectivity index (χ4v) is 5.43. The van der Waals surface area contributed by atoms with Gasteiger partial charge < -0.3 is 0 Å². The van der Waals surface area contributed by atoms with Gasteiger partial charge in [0.2, 0.25) is 0 Å². The highest BCUT2D eigenvalue weighted by atomic mass is 19.1. The molecule has 0 saturated heterocycles. The molecule has 1 aliphatic rings. The lowest BCUT2D eigenvalue weighted by Gasteiger charge is -2.28. The van der Waals surface area contributed by atoms with Crippen molar-refractivity contribution < 1.29 is 4.39 Å². The second-order valence-corrected chi connectivity index (χ2v) is 10.2. The Labute approximate surface area is 211 Å². The Balaban J connectivity index is 1.39. The fourth-order valence-electron chi connectivity index (χ4n) is 5.43. The van der Waals surface area contributed by atoms with E-state index in [1.807, 2.05) is 18.2 Å². The van der Waals surface area contributed by atoms with Crippen LogP contribution in [0.4, 0.5) is 4.39 Å². The maximum absolute atomic E-state index is 15.1. The molecule has 3 aromatic rings. The van der Waals surface area contributed by atoms with Crippen molar-refractivity contribution in [3.63, 3.8) is 0 Å². The summed E-state index contributed by atoms with van der Waals surface area (Å²) >= 11 is 0. The molecule has 1 fully saturated rings. The highest BCUT2D eigenvalue weighted by Gasteiger charge is 2.21. The molecule has 1 aliphatic carbocycles. The second kappa shape index (κ2) is 12.7. The minimum Gasteiger partial charge on any atom is -0.205 e. The van der Waals surface area contributed by atoms with Gasteiger partial charge in [-0.25, -0.2) is 4.39 Å². The van der Waals surface area contributed by atoms with E-state index in [2.05, 4.69) is 74.2 Å². The molecule has 3 aromatic carbocycles. The van der Waals surface area contributed by atoms with Gasteiger partial charge >= 0.3 is 0 Å². The molecule has 35 heavy (non-hydrogen) atoms. The van der Waals surface area contributed by atoms with Gasteiger partial charge in [0.1, 0.15) is 5.82 Å². The van der Waals surface area contributed by atoms with E-state index >= 15 is 4.39 Å². The number of halogens is 1. The van der Waals surface area contributed by atoms with Crippen molar-refractivity contribution >= 4 is 10.8 Å². The molecule has 0 atom stereocenters. The van der Waals surface area contributed by atoms with Crippen LogP contribution in [0.3, 0.4) is 0 Å². The summed E-state index contributed by atoms with van der Waals surface area (Å²) in [5.74, 6) is 7.60. The molecule has 0 amide bonds. The molecule has 0 nitrogen and oxygen atoms in total. The monoisotopic (exact) mass is 466 g/mol. The van der Waals surface area contributed by atoms with Crippen LogP contribution in [0.25, 0.3) is 10.8 Å². The van der Waals surface area contributed by atoms with E-state index < -0.39 is 0 Å². The minimum atomic E-state index is -0.210. The minimum absolute atomic E-state index is 0.210. The van der Waals surface area contributed by atoms with Crippen LogP contribution < -0.4 is 0 Å². The summed E-state index contributed by atoms with van der Waals surface area (Å²) in [4.78, 5) is 0. The van der Waals surface area contributed by atoms with Crippen LogP contribution in [0.15, 0.2) is 66.7 Å². The molecule has 0 aromatic heterocycles. The fraction of sp³-hybridized carbons (Fsp3) is 0.412. The zero-order chi connectivity index (χ0) is 24.5. The number of unbranched alkanes of at least 4 members (excludes halogenated alkanes) is 2. The summed E-state index contributed by atoms with van der Waals surface area (Å²) in [5.41, 5.74) is 4.12. The van der Waals surface area contributed by atoms with Crippen molar-refractivity contribution in [2.24, 2.45) is 5.92 Å². The van der Waals surface area contributed by atoms with E-state index in [-0.39, 0.29) is 5.82 Å². The summed E-state index contributed by atoms with van der Waals surface area (Å²) in [5, 5.41) is 1.62. The molecule has 182 valence electrons. The summed E-state index contributed by atoms with van der Waals surface area (Å²) in [6.07, 6.45) is 16.9. The van der Waals surface area contributed by atoms with E-state index in [0.29, 0.717) is 16.9 Å². The lowest BCUT2D eigenvalue weighted by Crippen LogP contribution is -2.13. The molecule has 4 rings (SSSR count). The van der Waals surface area contributed by atoms with Crippen molar-refractivity contribution in [3.05, 3.63) is 94.8 Å². The van der Waals surface area contributed by atoms with E-state index in [9.17, 15) is 0 Å².